The summed E-state index contributed by atoms with van der Waals surface area (Å²) in [6, 6.07) is 17.3. The monoisotopic (exact) mass is 407 g/mol. The van der Waals surface area contributed by atoms with Crippen molar-refractivity contribution < 1.29 is 14.3 Å². The Labute approximate surface area is 172 Å². The highest BCUT2D eigenvalue weighted by molar-refractivity contribution is 7.13. The van der Waals surface area contributed by atoms with Crippen LogP contribution in [0.4, 0.5) is 5.69 Å². The number of hydrogen-bond donors (Lipinski definition) is 2. The van der Waals surface area contributed by atoms with Gasteiger partial charge in [0.15, 0.2) is 0 Å². The van der Waals surface area contributed by atoms with E-state index in [-0.39, 0.29) is 23.7 Å². The SMILES string of the molecule is COC(=O)[C@@H]1CNC[C@H]1c1ccccc1NC(=O)c1csc(-c2ccccc2)n1. The van der Waals surface area contributed by atoms with Crippen LogP contribution in [0.25, 0.3) is 10.6 Å². The van der Waals surface area contributed by atoms with E-state index in [4.69, 9.17) is 4.74 Å². The van der Waals surface area contributed by atoms with Gasteiger partial charge in [0, 0.05) is 35.6 Å². The van der Waals surface area contributed by atoms with Gasteiger partial charge in [-0.1, -0.05) is 48.5 Å². The lowest BCUT2D eigenvalue weighted by Gasteiger charge is -2.20. The minimum atomic E-state index is -0.276. The van der Waals surface area contributed by atoms with Crippen molar-refractivity contribution in [3.05, 3.63) is 71.2 Å². The summed E-state index contributed by atoms with van der Waals surface area (Å²) in [5, 5.41) is 8.78. The molecule has 29 heavy (non-hydrogen) atoms. The smallest absolute Gasteiger partial charge is 0.310 e. The number of benzene rings is 2. The van der Waals surface area contributed by atoms with E-state index in [1.165, 1.54) is 18.4 Å². The zero-order valence-corrected chi connectivity index (χ0v) is 16.7. The number of esters is 1. The lowest BCUT2D eigenvalue weighted by Crippen LogP contribution is -2.24. The predicted molar refractivity (Wildman–Crippen MR) is 113 cm³/mol. The third-order valence-electron chi connectivity index (χ3n) is 5.08. The summed E-state index contributed by atoms with van der Waals surface area (Å²) >= 11 is 1.44. The zero-order chi connectivity index (χ0) is 20.2. The average Bonchev–Trinajstić information content (AvgIpc) is 3.44. The first-order valence-electron chi connectivity index (χ1n) is 9.37. The number of carbonyl (C=O) groups excluding carboxylic acids is 2. The van der Waals surface area contributed by atoms with Gasteiger partial charge in [0.2, 0.25) is 0 Å². The first-order valence-corrected chi connectivity index (χ1v) is 10.2. The van der Waals surface area contributed by atoms with Crippen LogP contribution in [0.5, 0.6) is 0 Å². The van der Waals surface area contributed by atoms with Crippen LogP contribution in [0.1, 0.15) is 22.0 Å². The summed E-state index contributed by atoms with van der Waals surface area (Å²) < 4.78 is 4.95. The molecule has 0 bridgehead atoms. The molecule has 1 amide bonds. The molecule has 1 aliphatic heterocycles. The van der Waals surface area contributed by atoms with E-state index < -0.39 is 0 Å². The average molecular weight is 407 g/mol. The van der Waals surface area contributed by atoms with Crippen LogP contribution in [-0.2, 0) is 9.53 Å². The molecule has 0 spiro atoms. The molecule has 6 nitrogen and oxygen atoms in total. The van der Waals surface area contributed by atoms with Gasteiger partial charge in [0.25, 0.3) is 5.91 Å². The van der Waals surface area contributed by atoms with E-state index in [1.807, 2.05) is 54.6 Å². The molecule has 0 saturated carbocycles. The van der Waals surface area contributed by atoms with Crippen molar-refractivity contribution in [2.75, 3.05) is 25.5 Å². The maximum atomic E-state index is 12.8. The van der Waals surface area contributed by atoms with Crippen LogP contribution in [-0.4, -0.2) is 37.1 Å². The van der Waals surface area contributed by atoms with Crippen molar-refractivity contribution in [2.45, 2.75) is 5.92 Å². The van der Waals surface area contributed by atoms with Gasteiger partial charge in [0.1, 0.15) is 10.7 Å². The second kappa shape index (κ2) is 8.55. The Morgan fingerprint density at radius 2 is 1.86 bits per heavy atom. The first kappa shape index (κ1) is 19.3. The topological polar surface area (TPSA) is 80.3 Å². The van der Waals surface area contributed by atoms with Crippen LogP contribution >= 0.6 is 11.3 Å². The minimum Gasteiger partial charge on any atom is -0.469 e. The van der Waals surface area contributed by atoms with E-state index in [0.29, 0.717) is 24.5 Å². The fraction of sp³-hybridized carbons (Fsp3) is 0.227. The van der Waals surface area contributed by atoms with Gasteiger partial charge in [-0.15, -0.1) is 11.3 Å². The molecule has 1 saturated heterocycles. The molecular weight excluding hydrogens is 386 g/mol. The molecular formula is C22H21N3O3S. The Morgan fingerprint density at radius 3 is 2.66 bits per heavy atom. The number of thiazole rings is 1. The lowest BCUT2D eigenvalue weighted by molar-refractivity contribution is -0.145. The van der Waals surface area contributed by atoms with E-state index in [1.54, 1.807) is 5.38 Å². The molecule has 1 aromatic heterocycles. The molecule has 1 aliphatic rings. The van der Waals surface area contributed by atoms with Crippen molar-refractivity contribution in [1.82, 2.24) is 10.3 Å². The number of aromatic nitrogens is 1. The second-order valence-corrected chi connectivity index (χ2v) is 7.70. The summed E-state index contributed by atoms with van der Waals surface area (Å²) in [5.74, 6) is -0.846. The molecule has 7 heteroatoms. The van der Waals surface area contributed by atoms with E-state index in [9.17, 15) is 9.59 Å². The van der Waals surface area contributed by atoms with Crippen molar-refractivity contribution in [2.24, 2.45) is 5.92 Å². The molecule has 148 valence electrons. The van der Waals surface area contributed by atoms with Crippen LogP contribution in [0.2, 0.25) is 0 Å². The van der Waals surface area contributed by atoms with E-state index in [0.717, 1.165) is 16.1 Å². The molecule has 2 aromatic carbocycles. The number of ether oxygens (including phenoxy) is 1. The number of nitrogens with zero attached hydrogens (tertiary/aromatic N) is 1. The standard InChI is InChI=1S/C22H21N3O3S/c1-28-22(27)17-12-23-11-16(17)15-9-5-6-10-18(15)24-20(26)19-13-29-21(25-19)14-7-3-2-4-8-14/h2-10,13,16-17,23H,11-12H2,1H3,(H,24,26)/t16-,17+/m0/s1. The van der Waals surface area contributed by atoms with Crippen molar-refractivity contribution >= 4 is 28.9 Å². The third kappa shape index (κ3) is 4.06. The number of hydrogen-bond acceptors (Lipinski definition) is 6. The maximum Gasteiger partial charge on any atom is 0.310 e. The Balaban J connectivity index is 1.55. The number of anilines is 1. The molecule has 2 N–H and O–H groups in total. The number of methoxy groups -OCH3 is 1. The molecule has 0 radical (unpaired) electrons. The molecule has 1 fully saturated rings. The number of rotatable bonds is 5. The molecule has 3 aromatic rings. The number of amides is 1. The van der Waals surface area contributed by atoms with Gasteiger partial charge < -0.3 is 15.4 Å². The molecule has 2 atom stereocenters. The first-order chi connectivity index (χ1) is 14.2. The van der Waals surface area contributed by atoms with Crippen molar-refractivity contribution in [3.8, 4) is 10.6 Å². The normalized spacial score (nSPS) is 18.4. The van der Waals surface area contributed by atoms with Gasteiger partial charge >= 0.3 is 5.97 Å². The Bertz CT molecular complexity index is 1020. The largest absolute Gasteiger partial charge is 0.469 e. The van der Waals surface area contributed by atoms with E-state index in [2.05, 4.69) is 15.6 Å². The summed E-state index contributed by atoms with van der Waals surface area (Å²) in [4.78, 5) is 29.4. The number of para-hydroxylation sites is 1. The van der Waals surface area contributed by atoms with Gasteiger partial charge in [-0.2, -0.15) is 0 Å². The van der Waals surface area contributed by atoms with Gasteiger partial charge in [-0.25, -0.2) is 4.98 Å². The predicted octanol–water partition coefficient (Wildman–Crippen LogP) is 3.54. The molecule has 0 aliphatic carbocycles. The third-order valence-corrected chi connectivity index (χ3v) is 5.98. The van der Waals surface area contributed by atoms with Crippen molar-refractivity contribution in [3.63, 3.8) is 0 Å². The summed E-state index contributed by atoms with van der Waals surface area (Å²) in [6.07, 6.45) is 0. The lowest BCUT2D eigenvalue weighted by atomic mass is 9.88. The van der Waals surface area contributed by atoms with Gasteiger partial charge in [-0.05, 0) is 11.6 Å². The van der Waals surface area contributed by atoms with Crippen molar-refractivity contribution in [1.29, 1.82) is 0 Å². The number of carbonyl (C=O) groups is 2. The highest BCUT2D eigenvalue weighted by atomic mass is 32.1. The van der Waals surface area contributed by atoms with Gasteiger partial charge in [-0.3, -0.25) is 9.59 Å². The summed E-state index contributed by atoms with van der Waals surface area (Å²) in [6.45, 7) is 1.22. The fourth-order valence-electron chi connectivity index (χ4n) is 3.62. The summed E-state index contributed by atoms with van der Waals surface area (Å²) in [7, 11) is 1.40. The Hall–Kier alpha value is -3.03. The van der Waals surface area contributed by atoms with E-state index >= 15 is 0 Å². The minimum absolute atomic E-state index is 0.0609. The maximum absolute atomic E-state index is 12.8. The molecule has 4 rings (SSSR count). The second-order valence-electron chi connectivity index (χ2n) is 6.84. The number of nitrogens with one attached hydrogen (secondary N) is 2. The molecule has 0 unspecified atom stereocenters. The quantitative estimate of drug-likeness (QED) is 0.633. The van der Waals surface area contributed by atoms with Crippen LogP contribution in [0.15, 0.2) is 60.0 Å². The summed E-state index contributed by atoms with van der Waals surface area (Å²) in [5.41, 5.74) is 2.96. The van der Waals surface area contributed by atoms with Crippen LogP contribution in [0.3, 0.4) is 0 Å². The van der Waals surface area contributed by atoms with Crippen LogP contribution < -0.4 is 10.6 Å². The fourth-order valence-corrected chi connectivity index (χ4v) is 4.42. The Morgan fingerprint density at radius 1 is 1.10 bits per heavy atom. The highest BCUT2D eigenvalue weighted by Crippen LogP contribution is 2.34. The zero-order valence-electron chi connectivity index (χ0n) is 15.9. The van der Waals surface area contributed by atoms with Gasteiger partial charge in [0.05, 0.1) is 13.0 Å². The molecule has 2 heterocycles. The van der Waals surface area contributed by atoms with Crippen LogP contribution in [0, 0.1) is 5.92 Å². The highest BCUT2D eigenvalue weighted by Gasteiger charge is 2.36. The Kier molecular flexibility index (Phi) is 5.69.